The zero-order valence-electron chi connectivity index (χ0n) is 22.6. The number of carbonyl (C=O) groups is 1. The highest BCUT2D eigenvalue weighted by Crippen LogP contribution is 2.39. The maximum Gasteiger partial charge on any atom is 0.416 e. The fraction of sp³-hybridized carbons (Fsp3) is 0.414. The number of hydrogen-bond donors (Lipinski definition) is 1. The van der Waals surface area contributed by atoms with Gasteiger partial charge in [0.15, 0.2) is 0 Å². The molecule has 39 heavy (non-hydrogen) atoms. The molecule has 1 aromatic carbocycles. The van der Waals surface area contributed by atoms with E-state index in [0.717, 1.165) is 29.1 Å². The monoisotopic (exact) mass is 538 g/mol. The molecular weight excluding hydrogens is 505 g/mol. The third-order valence-corrected chi connectivity index (χ3v) is 7.38. The van der Waals surface area contributed by atoms with E-state index >= 15 is 0 Å². The van der Waals surface area contributed by atoms with Crippen molar-refractivity contribution in [3.8, 4) is 17.5 Å². The summed E-state index contributed by atoms with van der Waals surface area (Å²) in [6, 6.07) is 12.8. The van der Waals surface area contributed by atoms with Crippen LogP contribution in [0.4, 0.5) is 18.9 Å². The van der Waals surface area contributed by atoms with Gasteiger partial charge < -0.3 is 19.7 Å². The molecular formula is C29H33F3N6O. The van der Waals surface area contributed by atoms with Crippen molar-refractivity contribution in [1.29, 1.82) is 5.26 Å². The Kier molecular flexibility index (Phi) is 8.02. The number of amides is 1. The van der Waals surface area contributed by atoms with Gasteiger partial charge in [-0.15, -0.1) is 0 Å². The molecule has 1 atom stereocenters. The maximum atomic E-state index is 13.8. The lowest BCUT2D eigenvalue weighted by Crippen LogP contribution is -2.54. The predicted molar refractivity (Wildman–Crippen MR) is 144 cm³/mol. The molecule has 0 saturated carbocycles. The first kappa shape index (κ1) is 28.2. The number of pyridine rings is 1. The van der Waals surface area contributed by atoms with E-state index in [9.17, 15) is 23.2 Å². The standard InChI is InChI=1S/C29H33F3N6O/c1-20(19-36(2)3)35-27(39)28(23-7-9-24(34-18-23)26-6-5-13-37(26)4)11-14-38(15-12-28)25-10-8-22(29(30,31)32)16-21(25)17-33/h5-10,13,16,18,20H,11-12,14-15,19H2,1-4H3,(H,35,39)/t20-/m1/s1. The van der Waals surface area contributed by atoms with Crippen LogP contribution in [0.3, 0.4) is 0 Å². The van der Waals surface area contributed by atoms with E-state index < -0.39 is 17.2 Å². The summed E-state index contributed by atoms with van der Waals surface area (Å²) in [6.07, 6.45) is 0.0156. The Morgan fingerprint density at radius 3 is 2.46 bits per heavy atom. The summed E-state index contributed by atoms with van der Waals surface area (Å²) in [4.78, 5) is 22.4. The highest BCUT2D eigenvalue weighted by Gasteiger charge is 2.44. The zero-order chi connectivity index (χ0) is 28.4. The summed E-state index contributed by atoms with van der Waals surface area (Å²) >= 11 is 0. The minimum absolute atomic E-state index is 0.0324. The second-order valence-corrected chi connectivity index (χ2v) is 10.5. The molecule has 1 aliphatic heterocycles. The number of hydrogen-bond acceptors (Lipinski definition) is 5. The second-order valence-electron chi connectivity index (χ2n) is 10.5. The number of alkyl halides is 3. The van der Waals surface area contributed by atoms with Crippen LogP contribution in [0, 0.1) is 11.3 Å². The Morgan fingerprint density at radius 2 is 1.92 bits per heavy atom. The number of piperidine rings is 1. The minimum Gasteiger partial charge on any atom is -0.370 e. The normalized spacial score (nSPS) is 16.1. The number of halogens is 3. The van der Waals surface area contributed by atoms with Gasteiger partial charge in [0.1, 0.15) is 6.07 Å². The molecule has 3 heterocycles. The molecule has 0 bridgehead atoms. The number of aromatic nitrogens is 2. The number of anilines is 1. The summed E-state index contributed by atoms with van der Waals surface area (Å²) in [5.41, 5.74) is 1.24. The van der Waals surface area contributed by atoms with E-state index in [0.29, 0.717) is 38.2 Å². The molecule has 1 N–H and O–H groups in total. The summed E-state index contributed by atoms with van der Waals surface area (Å²) in [7, 11) is 5.83. The third kappa shape index (κ3) is 5.93. The van der Waals surface area contributed by atoms with Crippen molar-refractivity contribution in [3.63, 3.8) is 0 Å². The molecule has 4 rings (SSSR count). The van der Waals surface area contributed by atoms with E-state index in [1.165, 1.54) is 6.07 Å². The molecule has 2 aromatic heterocycles. The van der Waals surface area contributed by atoms with Crippen LogP contribution in [0.1, 0.15) is 36.5 Å². The summed E-state index contributed by atoms with van der Waals surface area (Å²) in [6.45, 7) is 3.43. The molecule has 0 unspecified atom stereocenters. The van der Waals surface area contributed by atoms with Crippen molar-refractivity contribution in [2.45, 2.75) is 37.4 Å². The second kappa shape index (κ2) is 11.1. The molecule has 1 fully saturated rings. The molecule has 1 amide bonds. The Labute approximate surface area is 226 Å². The van der Waals surface area contributed by atoms with E-state index in [1.807, 2.05) is 79.0 Å². The van der Waals surface area contributed by atoms with Crippen LogP contribution >= 0.6 is 0 Å². The van der Waals surface area contributed by atoms with Gasteiger partial charge in [-0.2, -0.15) is 18.4 Å². The zero-order valence-corrected chi connectivity index (χ0v) is 22.6. The van der Waals surface area contributed by atoms with Crippen LogP contribution < -0.4 is 10.2 Å². The lowest BCUT2D eigenvalue weighted by Gasteiger charge is -2.42. The van der Waals surface area contributed by atoms with E-state index in [1.54, 1.807) is 6.20 Å². The van der Waals surface area contributed by atoms with Crippen molar-refractivity contribution in [2.24, 2.45) is 7.05 Å². The van der Waals surface area contributed by atoms with Gasteiger partial charge in [0.25, 0.3) is 0 Å². The van der Waals surface area contributed by atoms with Gasteiger partial charge in [-0.25, -0.2) is 0 Å². The van der Waals surface area contributed by atoms with Gasteiger partial charge in [-0.05, 0) is 75.8 Å². The van der Waals surface area contributed by atoms with Crippen LogP contribution in [0.15, 0.2) is 54.9 Å². The number of rotatable bonds is 7. The SMILES string of the molecule is C[C@H](CN(C)C)NC(=O)C1(c2ccc(-c3cccn3C)nc2)CCN(c2ccc(C(F)(F)F)cc2C#N)CC1. The first-order chi connectivity index (χ1) is 18.4. The van der Waals surface area contributed by atoms with Gasteiger partial charge in [-0.1, -0.05) is 6.07 Å². The molecule has 0 spiro atoms. The average molecular weight is 539 g/mol. The number of likely N-dealkylation sites (N-methyl/N-ethyl adjacent to an activating group) is 1. The summed E-state index contributed by atoms with van der Waals surface area (Å²) < 4.78 is 41.6. The number of carbonyl (C=O) groups excluding carboxylic acids is 1. The van der Waals surface area contributed by atoms with E-state index in [4.69, 9.17) is 0 Å². The van der Waals surface area contributed by atoms with Gasteiger partial charge in [0.05, 0.1) is 33.6 Å². The molecule has 1 aliphatic rings. The van der Waals surface area contributed by atoms with Crippen molar-refractivity contribution in [3.05, 3.63) is 71.5 Å². The Morgan fingerprint density at radius 1 is 1.21 bits per heavy atom. The highest BCUT2D eigenvalue weighted by molar-refractivity contribution is 5.89. The van der Waals surface area contributed by atoms with Crippen molar-refractivity contribution >= 4 is 11.6 Å². The quantitative estimate of drug-likeness (QED) is 0.477. The molecule has 1 saturated heterocycles. The maximum absolute atomic E-state index is 13.8. The molecule has 10 heteroatoms. The Bertz CT molecular complexity index is 1350. The van der Waals surface area contributed by atoms with Crippen LogP contribution in [-0.2, 0) is 23.4 Å². The number of nitriles is 1. The van der Waals surface area contributed by atoms with Crippen molar-refractivity contribution in [1.82, 2.24) is 19.8 Å². The van der Waals surface area contributed by atoms with Gasteiger partial charge in [0, 0.05) is 45.1 Å². The van der Waals surface area contributed by atoms with Crippen molar-refractivity contribution in [2.75, 3.05) is 38.6 Å². The third-order valence-electron chi connectivity index (χ3n) is 7.38. The molecule has 0 radical (unpaired) electrons. The summed E-state index contributed by atoms with van der Waals surface area (Å²) in [5.74, 6) is -0.0992. The lowest BCUT2D eigenvalue weighted by molar-refractivity contribution is -0.137. The number of aryl methyl sites for hydroxylation is 1. The Balaban J connectivity index is 1.63. The average Bonchev–Trinajstić information content (AvgIpc) is 3.33. The van der Waals surface area contributed by atoms with Crippen LogP contribution in [0.2, 0.25) is 0 Å². The van der Waals surface area contributed by atoms with Gasteiger partial charge >= 0.3 is 6.18 Å². The van der Waals surface area contributed by atoms with Gasteiger partial charge in [-0.3, -0.25) is 9.78 Å². The largest absolute Gasteiger partial charge is 0.416 e. The van der Waals surface area contributed by atoms with Gasteiger partial charge in [0.2, 0.25) is 5.91 Å². The topological polar surface area (TPSA) is 77.2 Å². The number of benzene rings is 1. The number of nitrogens with one attached hydrogen (secondary N) is 1. The van der Waals surface area contributed by atoms with Crippen LogP contribution in [-0.4, -0.2) is 60.1 Å². The smallest absolute Gasteiger partial charge is 0.370 e. The Hall–Kier alpha value is -3.84. The summed E-state index contributed by atoms with van der Waals surface area (Å²) in [5, 5.41) is 12.7. The van der Waals surface area contributed by atoms with E-state index in [2.05, 4.69) is 10.3 Å². The first-order valence-electron chi connectivity index (χ1n) is 12.8. The van der Waals surface area contributed by atoms with Crippen LogP contribution in [0.25, 0.3) is 11.4 Å². The molecule has 206 valence electrons. The fourth-order valence-corrected chi connectivity index (χ4v) is 5.36. The molecule has 0 aliphatic carbocycles. The minimum atomic E-state index is -4.53. The lowest BCUT2D eigenvalue weighted by atomic mass is 9.72. The number of nitrogens with zero attached hydrogens (tertiary/aromatic N) is 5. The van der Waals surface area contributed by atoms with E-state index in [-0.39, 0.29) is 17.5 Å². The van der Waals surface area contributed by atoms with Crippen LogP contribution in [0.5, 0.6) is 0 Å². The fourth-order valence-electron chi connectivity index (χ4n) is 5.36. The molecule has 7 nitrogen and oxygen atoms in total. The predicted octanol–water partition coefficient (Wildman–Crippen LogP) is 4.58. The highest BCUT2D eigenvalue weighted by atomic mass is 19.4. The van der Waals surface area contributed by atoms with Crippen molar-refractivity contribution < 1.29 is 18.0 Å². The first-order valence-corrected chi connectivity index (χ1v) is 12.8. The molecule has 3 aromatic rings.